The number of carbonyl (C=O) groups excluding carboxylic acids is 1. The van der Waals surface area contributed by atoms with Crippen LogP contribution < -0.4 is 4.90 Å². The molecule has 4 heteroatoms. The SMILES string of the molecule is CN1C(=O)Cc2cc(C3(CCCO)COC3)ccc21. The van der Waals surface area contributed by atoms with Crippen LogP contribution in [0, 0.1) is 0 Å². The van der Waals surface area contributed by atoms with E-state index < -0.39 is 0 Å². The summed E-state index contributed by atoms with van der Waals surface area (Å²) in [6, 6.07) is 6.29. The minimum Gasteiger partial charge on any atom is -0.396 e. The van der Waals surface area contributed by atoms with Crippen molar-refractivity contribution in [3.63, 3.8) is 0 Å². The highest BCUT2D eigenvalue weighted by Gasteiger charge is 2.40. The summed E-state index contributed by atoms with van der Waals surface area (Å²) in [6.07, 6.45) is 2.22. The number of carbonyl (C=O) groups is 1. The molecule has 3 rings (SSSR count). The number of amides is 1. The van der Waals surface area contributed by atoms with Gasteiger partial charge in [0.2, 0.25) is 5.91 Å². The number of ether oxygens (including phenoxy) is 1. The van der Waals surface area contributed by atoms with Gasteiger partial charge in [-0.25, -0.2) is 0 Å². The van der Waals surface area contributed by atoms with Gasteiger partial charge in [0.15, 0.2) is 0 Å². The van der Waals surface area contributed by atoms with Gasteiger partial charge in [-0.2, -0.15) is 0 Å². The summed E-state index contributed by atoms with van der Waals surface area (Å²) >= 11 is 0. The van der Waals surface area contributed by atoms with Crippen LogP contribution >= 0.6 is 0 Å². The highest BCUT2D eigenvalue weighted by atomic mass is 16.5. The monoisotopic (exact) mass is 261 g/mol. The molecule has 0 unspecified atom stereocenters. The van der Waals surface area contributed by atoms with Crippen LogP contribution in [0.4, 0.5) is 5.69 Å². The van der Waals surface area contributed by atoms with Crippen LogP contribution in [0.1, 0.15) is 24.0 Å². The van der Waals surface area contributed by atoms with E-state index in [0.29, 0.717) is 6.42 Å². The lowest BCUT2D eigenvalue weighted by Gasteiger charge is -2.42. The Balaban J connectivity index is 1.90. The van der Waals surface area contributed by atoms with Gasteiger partial charge in [-0.05, 0) is 30.0 Å². The van der Waals surface area contributed by atoms with E-state index in [0.717, 1.165) is 37.3 Å². The van der Waals surface area contributed by atoms with E-state index in [1.54, 1.807) is 4.90 Å². The minimum atomic E-state index is 0.0436. The van der Waals surface area contributed by atoms with Crippen molar-refractivity contribution < 1.29 is 14.6 Å². The van der Waals surface area contributed by atoms with Gasteiger partial charge in [0.1, 0.15) is 0 Å². The first-order chi connectivity index (χ1) is 9.16. The first-order valence-electron chi connectivity index (χ1n) is 6.75. The van der Waals surface area contributed by atoms with Crippen molar-refractivity contribution >= 4 is 11.6 Å². The molecule has 1 aromatic rings. The molecular formula is C15H19NO3. The molecule has 0 radical (unpaired) electrons. The van der Waals surface area contributed by atoms with Crippen LogP contribution in [-0.4, -0.2) is 37.9 Å². The molecule has 102 valence electrons. The third kappa shape index (κ3) is 1.95. The van der Waals surface area contributed by atoms with Gasteiger partial charge in [-0.3, -0.25) is 4.79 Å². The third-order valence-corrected chi connectivity index (χ3v) is 4.34. The zero-order valence-corrected chi connectivity index (χ0v) is 11.2. The number of aliphatic hydroxyl groups is 1. The lowest BCUT2D eigenvalue weighted by Crippen LogP contribution is -2.46. The quantitative estimate of drug-likeness (QED) is 0.887. The summed E-state index contributed by atoms with van der Waals surface area (Å²) in [6.45, 7) is 1.65. The maximum atomic E-state index is 11.7. The average Bonchev–Trinajstić information content (AvgIpc) is 2.64. The predicted molar refractivity (Wildman–Crippen MR) is 72.4 cm³/mol. The van der Waals surface area contributed by atoms with Gasteiger partial charge in [-0.15, -0.1) is 0 Å². The smallest absolute Gasteiger partial charge is 0.231 e. The van der Waals surface area contributed by atoms with Crippen LogP contribution in [0.2, 0.25) is 0 Å². The molecule has 0 aromatic heterocycles. The van der Waals surface area contributed by atoms with Gasteiger partial charge >= 0.3 is 0 Å². The Labute approximate surface area is 113 Å². The fraction of sp³-hybridized carbons (Fsp3) is 0.533. The number of fused-ring (bicyclic) bond motifs is 1. The molecule has 1 amide bonds. The zero-order valence-electron chi connectivity index (χ0n) is 11.2. The van der Waals surface area contributed by atoms with E-state index in [1.807, 2.05) is 13.1 Å². The number of likely N-dealkylation sites (N-methyl/N-ethyl adjacent to an activating group) is 1. The second-order valence-electron chi connectivity index (χ2n) is 5.57. The Kier molecular flexibility index (Phi) is 3.07. The Hall–Kier alpha value is -1.39. The molecule has 4 nitrogen and oxygen atoms in total. The Bertz CT molecular complexity index is 508. The summed E-state index contributed by atoms with van der Waals surface area (Å²) in [4.78, 5) is 13.4. The van der Waals surface area contributed by atoms with E-state index in [4.69, 9.17) is 9.84 Å². The molecular weight excluding hydrogens is 242 g/mol. The number of anilines is 1. The Morgan fingerprint density at radius 3 is 2.84 bits per heavy atom. The van der Waals surface area contributed by atoms with Gasteiger partial charge in [0, 0.05) is 24.8 Å². The predicted octanol–water partition coefficient (Wildman–Crippen LogP) is 1.25. The van der Waals surface area contributed by atoms with Crippen LogP contribution in [0.3, 0.4) is 0 Å². The second-order valence-corrected chi connectivity index (χ2v) is 5.57. The molecule has 0 bridgehead atoms. The first kappa shape index (κ1) is 12.6. The number of benzene rings is 1. The van der Waals surface area contributed by atoms with Crippen molar-refractivity contribution in [3.8, 4) is 0 Å². The zero-order chi connectivity index (χ0) is 13.5. The van der Waals surface area contributed by atoms with E-state index in [1.165, 1.54) is 5.56 Å². The highest BCUT2D eigenvalue weighted by molar-refractivity contribution is 6.00. The number of aliphatic hydroxyl groups excluding tert-OH is 1. The van der Waals surface area contributed by atoms with E-state index in [2.05, 4.69) is 12.1 Å². The fourth-order valence-corrected chi connectivity index (χ4v) is 3.02. The molecule has 0 aliphatic carbocycles. The Morgan fingerprint density at radius 1 is 1.42 bits per heavy atom. The second kappa shape index (κ2) is 4.62. The molecule has 0 atom stereocenters. The molecule has 1 N–H and O–H groups in total. The number of hydrogen-bond acceptors (Lipinski definition) is 3. The Morgan fingerprint density at radius 2 is 2.21 bits per heavy atom. The normalized spacial score (nSPS) is 20.3. The van der Waals surface area contributed by atoms with Crippen LogP contribution in [0.25, 0.3) is 0 Å². The van der Waals surface area contributed by atoms with Crippen molar-refractivity contribution in [2.24, 2.45) is 0 Å². The summed E-state index contributed by atoms with van der Waals surface area (Å²) in [5.74, 6) is 0.154. The first-order valence-corrected chi connectivity index (χ1v) is 6.75. The fourth-order valence-electron chi connectivity index (χ4n) is 3.02. The van der Waals surface area contributed by atoms with Crippen molar-refractivity contribution in [2.75, 3.05) is 31.8 Å². The largest absolute Gasteiger partial charge is 0.396 e. The maximum Gasteiger partial charge on any atom is 0.231 e. The molecule has 1 saturated heterocycles. The molecule has 0 spiro atoms. The summed E-state index contributed by atoms with van der Waals surface area (Å²) in [5.41, 5.74) is 3.42. The molecule has 2 heterocycles. The molecule has 1 aromatic carbocycles. The van der Waals surface area contributed by atoms with Gasteiger partial charge in [0.25, 0.3) is 0 Å². The van der Waals surface area contributed by atoms with Gasteiger partial charge < -0.3 is 14.7 Å². The molecule has 1 fully saturated rings. The summed E-state index contributed by atoms with van der Waals surface area (Å²) in [7, 11) is 1.82. The minimum absolute atomic E-state index is 0.0436. The van der Waals surface area contributed by atoms with E-state index in [9.17, 15) is 4.79 Å². The van der Waals surface area contributed by atoms with Crippen molar-refractivity contribution in [1.82, 2.24) is 0 Å². The molecule has 19 heavy (non-hydrogen) atoms. The molecule has 2 aliphatic heterocycles. The van der Waals surface area contributed by atoms with Crippen molar-refractivity contribution in [2.45, 2.75) is 24.7 Å². The summed E-state index contributed by atoms with van der Waals surface area (Å²) in [5, 5.41) is 9.03. The van der Waals surface area contributed by atoms with Crippen LogP contribution in [-0.2, 0) is 21.4 Å². The lowest BCUT2D eigenvalue weighted by atomic mass is 9.74. The molecule has 0 saturated carbocycles. The third-order valence-electron chi connectivity index (χ3n) is 4.34. The van der Waals surface area contributed by atoms with Crippen molar-refractivity contribution in [3.05, 3.63) is 29.3 Å². The van der Waals surface area contributed by atoms with Crippen molar-refractivity contribution in [1.29, 1.82) is 0 Å². The number of nitrogens with zero attached hydrogens (tertiary/aromatic N) is 1. The van der Waals surface area contributed by atoms with E-state index >= 15 is 0 Å². The highest BCUT2D eigenvalue weighted by Crippen LogP contribution is 2.39. The lowest BCUT2D eigenvalue weighted by molar-refractivity contribution is -0.117. The molecule has 2 aliphatic rings. The maximum absolute atomic E-state index is 11.7. The van der Waals surface area contributed by atoms with Crippen LogP contribution in [0.15, 0.2) is 18.2 Å². The van der Waals surface area contributed by atoms with Gasteiger partial charge in [0.05, 0.1) is 19.6 Å². The van der Waals surface area contributed by atoms with Crippen LogP contribution in [0.5, 0.6) is 0 Å². The van der Waals surface area contributed by atoms with E-state index in [-0.39, 0.29) is 17.9 Å². The average molecular weight is 261 g/mol. The standard InChI is InChI=1S/C15H19NO3/c1-16-13-4-3-12(7-11(13)8-14(16)18)15(5-2-6-17)9-19-10-15/h3-4,7,17H,2,5-6,8-10H2,1H3. The summed E-state index contributed by atoms with van der Waals surface area (Å²) < 4.78 is 5.39. The number of rotatable bonds is 4. The number of hydrogen-bond donors (Lipinski definition) is 1. The topological polar surface area (TPSA) is 49.8 Å². The van der Waals surface area contributed by atoms with Gasteiger partial charge in [-0.1, -0.05) is 12.1 Å².